The van der Waals surface area contributed by atoms with Gasteiger partial charge in [-0.3, -0.25) is 0 Å². The maximum Gasteiger partial charge on any atom is 0.164 e. The van der Waals surface area contributed by atoms with E-state index in [2.05, 4.69) is 21.6 Å². The molecule has 1 aromatic carbocycles. The molecule has 23 heavy (non-hydrogen) atoms. The molecular formula is C17H19N3O2S. The maximum absolute atomic E-state index is 9.22. The number of hydrogen-bond donors (Lipinski definition) is 1. The van der Waals surface area contributed by atoms with Crippen molar-refractivity contribution in [2.75, 3.05) is 6.61 Å². The average Bonchev–Trinajstić information content (AvgIpc) is 3.18. The Bertz CT molecular complexity index is 781. The molecule has 0 atom stereocenters. The molecule has 2 heterocycles. The van der Waals surface area contributed by atoms with E-state index in [-0.39, 0.29) is 6.61 Å². The molecule has 0 fully saturated rings. The van der Waals surface area contributed by atoms with Crippen LogP contribution in [0, 0.1) is 13.8 Å². The van der Waals surface area contributed by atoms with Gasteiger partial charge < -0.3 is 14.4 Å². The van der Waals surface area contributed by atoms with E-state index in [1.807, 2.05) is 42.0 Å². The molecule has 0 unspecified atom stereocenters. The Kier molecular flexibility index (Phi) is 4.73. The van der Waals surface area contributed by atoms with Crippen LogP contribution in [0.15, 0.2) is 35.0 Å². The van der Waals surface area contributed by atoms with Crippen LogP contribution >= 0.6 is 11.3 Å². The van der Waals surface area contributed by atoms with E-state index in [1.54, 1.807) is 11.3 Å². The topological polar surface area (TPSA) is 60.2 Å². The van der Waals surface area contributed by atoms with E-state index in [4.69, 9.17) is 4.74 Å². The number of hydrogen-bond acceptors (Lipinski definition) is 5. The van der Waals surface area contributed by atoms with Crippen LogP contribution in [0.4, 0.5) is 0 Å². The summed E-state index contributed by atoms with van der Waals surface area (Å²) in [5, 5.41) is 21.7. The van der Waals surface area contributed by atoms with Crippen LogP contribution in [-0.4, -0.2) is 26.5 Å². The zero-order valence-corrected chi connectivity index (χ0v) is 14.0. The molecule has 0 spiro atoms. The highest BCUT2D eigenvalue weighted by Crippen LogP contribution is 2.27. The number of rotatable bonds is 6. The van der Waals surface area contributed by atoms with Gasteiger partial charge in [0.15, 0.2) is 5.82 Å². The molecule has 0 aliphatic carbocycles. The van der Waals surface area contributed by atoms with Crippen molar-refractivity contribution >= 4 is 11.3 Å². The lowest BCUT2D eigenvalue weighted by atomic mass is 10.1. The van der Waals surface area contributed by atoms with E-state index in [9.17, 15) is 5.11 Å². The van der Waals surface area contributed by atoms with E-state index >= 15 is 0 Å². The summed E-state index contributed by atoms with van der Waals surface area (Å²) in [6, 6.07) is 8.07. The van der Waals surface area contributed by atoms with Crippen molar-refractivity contribution in [3.05, 3.63) is 52.0 Å². The first-order valence-corrected chi connectivity index (χ1v) is 8.39. The van der Waals surface area contributed by atoms with Crippen molar-refractivity contribution in [1.29, 1.82) is 0 Å². The molecule has 0 bridgehead atoms. The van der Waals surface area contributed by atoms with Gasteiger partial charge in [-0.15, -0.1) is 10.2 Å². The second kappa shape index (κ2) is 6.93. The third-order valence-electron chi connectivity index (χ3n) is 3.68. The Labute approximate surface area is 139 Å². The molecule has 5 nitrogen and oxygen atoms in total. The molecule has 0 aliphatic heterocycles. The molecule has 3 rings (SSSR count). The summed E-state index contributed by atoms with van der Waals surface area (Å²) in [7, 11) is 0. The van der Waals surface area contributed by atoms with Gasteiger partial charge in [0.2, 0.25) is 0 Å². The highest BCUT2D eigenvalue weighted by Gasteiger charge is 2.12. The van der Waals surface area contributed by atoms with Gasteiger partial charge in [-0.05, 0) is 47.9 Å². The Morgan fingerprint density at radius 3 is 2.83 bits per heavy atom. The lowest BCUT2D eigenvalue weighted by Crippen LogP contribution is -2.06. The fourth-order valence-electron chi connectivity index (χ4n) is 2.39. The molecule has 120 valence electrons. The summed E-state index contributed by atoms with van der Waals surface area (Å²) in [6.45, 7) is 4.99. The zero-order valence-electron chi connectivity index (χ0n) is 13.2. The van der Waals surface area contributed by atoms with Crippen LogP contribution in [0.25, 0.3) is 11.4 Å². The lowest BCUT2D eigenvalue weighted by Gasteiger charge is -2.11. The highest BCUT2D eigenvalue weighted by molar-refractivity contribution is 7.07. The van der Waals surface area contributed by atoms with Gasteiger partial charge in [0.05, 0.1) is 6.61 Å². The number of benzene rings is 1. The number of aliphatic hydroxyl groups excluding tert-OH is 1. The summed E-state index contributed by atoms with van der Waals surface area (Å²) < 4.78 is 7.86. The molecule has 2 aromatic heterocycles. The van der Waals surface area contributed by atoms with Crippen LogP contribution in [-0.2, 0) is 13.2 Å². The minimum absolute atomic E-state index is 0.0548. The van der Waals surface area contributed by atoms with Crippen LogP contribution < -0.4 is 4.74 Å². The van der Waals surface area contributed by atoms with Crippen molar-refractivity contribution in [2.24, 2.45) is 0 Å². The minimum Gasteiger partial charge on any atom is -0.489 e. The fraction of sp³-hybridized carbons (Fsp3) is 0.294. The Balaban J connectivity index is 1.88. The number of thiophene rings is 1. The average molecular weight is 329 g/mol. The predicted molar refractivity (Wildman–Crippen MR) is 90.7 cm³/mol. The smallest absolute Gasteiger partial charge is 0.164 e. The first-order valence-electron chi connectivity index (χ1n) is 7.44. The van der Waals surface area contributed by atoms with Gasteiger partial charge in [-0.25, -0.2) is 0 Å². The number of ether oxygens (including phenoxy) is 1. The Morgan fingerprint density at radius 2 is 2.09 bits per heavy atom. The van der Waals surface area contributed by atoms with Crippen molar-refractivity contribution < 1.29 is 9.84 Å². The van der Waals surface area contributed by atoms with Crippen molar-refractivity contribution in [2.45, 2.75) is 27.0 Å². The van der Waals surface area contributed by atoms with Crippen molar-refractivity contribution in [3.63, 3.8) is 0 Å². The lowest BCUT2D eigenvalue weighted by molar-refractivity contribution is 0.275. The summed E-state index contributed by atoms with van der Waals surface area (Å²) in [5.41, 5.74) is 3.18. The van der Waals surface area contributed by atoms with Crippen molar-refractivity contribution in [1.82, 2.24) is 14.8 Å². The normalized spacial score (nSPS) is 10.9. The van der Waals surface area contributed by atoms with Gasteiger partial charge in [-0.1, -0.05) is 12.1 Å². The SMILES string of the molecule is Cc1ccc(-c2nnc(C)n2CCO)cc1OCc1ccsc1. The second-order valence-corrected chi connectivity index (χ2v) is 6.13. The van der Waals surface area contributed by atoms with Crippen LogP contribution in [0.1, 0.15) is 17.0 Å². The second-order valence-electron chi connectivity index (χ2n) is 5.35. The van der Waals surface area contributed by atoms with Crippen LogP contribution in [0.3, 0.4) is 0 Å². The fourth-order valence-corrected chi connectivity index (χ4v) is 3.05. The third-order valence-corrected chi connectivity index (χ3v) is 4.41. The van der Waals surface area contributed by atoms with Gasteiger partial charge in [0.25, 0.3) is 0 Å². The van der Waals surface area contributed by atoms with Gasteiger partial charge in [-0.2, -0.15) is 11.3 Å². The van der Waals surface area contributed by atoms with Gasteiger partial charge >= 0.3 is 0 Å². The molecular weight excluding hydrogens is 310 g/mol. The quantitative estimate of drug-likeness (QED) is 0.754. The number of aromatic nitrogens is 3. The zero-order chi connectivity index (χ0) is 16.2. The molecule has 0 saturated heterocycles. The van der Waals surface area contributed by atoms with E-state index in [1.165, 1.54) is 5.56 Å². The molecule has 6 heteroatoms. The third kappa shape index (κ3) is 3.43. The molecule has 0 saturated carbocycles. The molecule has 0 aliphatic rings. The van der Waals surface area contributed by atoms with E-state index < -0.39 is 0 Å². The molecule has 3 aromatic rings. The van der Waals surface area contributed by atoms with Crippen LogP contribution in [0.5, 0.6) is 5.75 Å². The van der Waals surface area contributed by atoms with E-state index in [0.29, 0.717) is 13.2 Å². The minimum atomic E-state index is 0.0548. The van der Waals surface area contributed by atoms with Crippen molar-refractivity contribution in [3.8, 4) is 17.1 Å². The number of aliphatic hydroxyl groups is 1. The Morgan fingerprint density at radius 1 is 1.22 bits per heavy atom. The standard InChI is InChI=1S/C17H19N3O2S/c1-12-3-4-15(17-19-18-13(2)20(17)6-7-21)9-16(12)22-10-14-5-8-23-11-14/h3-5,8-9,11,21H,6-7,10H2,1-2H3. The first kappa shape index (κ1) is 15.7. The monoisotopic (exact) mass is 329 g/mol. The first-order chi connectivity index (χ1) is 11.2. The van der Waals surface area contributed by atoms with Crippen LogP contribution in [0.2, 0.25) is 0 Å². The number of aryl methyl sites for hydroxylation is 2. The van der Waals surface area contributed by atoms with Gasteiger partial charge in [0, 0.05) is 12.1 Å². The van der Waals surface area contributed by atoms with Gasteiger partial charge in [0.1, 0.15) is 18.2 Å². The summed E-state index contributed by atoms with van der Waals surface area (Å²) >= 11 is 1.66. The molecule has 0 radical (unpaired) electrons. The molecule has 1 N–H and O–H groups in total. The summed E-state index contributed by atoms with van der Waals surface area (Å²) in [6.07, 6.45) is 0. The highest BCUT2D eigenvalue weighted by atomic mass is 32.1. The summed E-state index contributed by atoms with van der Waals surface area (Å²) in [4.78, 5) is 0. The summed E-state index contributed by atoms with van der Waals surface area (Å²) in [5.74, 6) is 2.37. The van der Waals surface area contributed by atoms with E-state index in [0.717, 1.165) is 28.5 Å². The molecule has 0 amide bonds. The largest absolute Gasteiger partial charge is 0.489 e. The number of nitrogens with zero attached hydrogens (tertiary/aromatic N) is 3. The maximum atomic E-state index is 9.22. The Hall–Kier alpha value is -2.18. The predicted octanol–water partition coefficient (Wildman–Crippen LogP) is 3.19.